The number of hydrogen-bond acceptors (Lipinski definition) is 4. The van der Waals surface area contributed by atoms with Gasteiger partial charge >= 0.3 is 12.0 Å². The number of hydrogen-bond donors (Lipinski definition) is 2. The Bertz CT molecular complexity index is 1510. The topological polar surface area (TPSA) is 76.1 Å². The average Bonchev–Trinajstić information content (AvgIpc) is 3.57. The van der Waals surface area contributed by atoms with Gasteiger partial charge in [0.15, 0.2) is 0 Å². The molecule has 1 aromatic rings. The number of fused-ring (bicyclic) bond motifs is 7. The Morgan fingerprint density at radius 3 is 2.15 bits per heavy atom. The van der Waals surface area contributed by atoms with Gasteiger partial charge in [-0.3, -0.25) is 4.90 Å². The van der Waals surface area contributed by atoms with E-state index < -0.39 is 5.97 Å². The van der Waals surface area contributed by atoms with E-state index in [9.17, 15) is 14.7 Å². The van der Waals surface area contributed by atoms with Crippen LogP contribution in [0.3, 0.4) is 0 Å². The molecule has 5 aliphatic carbocycles. The molecule has 0 spiro atoms. The van der Waals surface area contributed by atoms with Gasteiger partial charge in [-0.2, -0.15) is 0 Å². The van der Waals surface area contributed by atoms with Crippen LogP contribution in [0.1, 0.15) is 121 Å². The van der Waals surface area contributed by atoms with E-state index in [0.717, 1.165) is 45.4 Å². The number of allylic oxidation sites excluding steroid dienone is 2. The van der Waals surface area contributed by atoms with Crippen LogP contribution < -0.4 is 5.32 Å². The molecule has 0 bridgehead atoms. The molecule has 4 saturated carbocycles. The number of amides is 2. The molecule has 2 N–H and O–H groups in total. The van der Waals surface area contributed by atoms with Crippen molar-refractivity contribution in [2.75, 3.05) is 46.3 Å². The van der Waals surface area contributed by atoms with Gasteiger partial charge in [-0.05, 0) is 160 Å². The minimum Gasteiger partial charge on any atom is -0.478 e. The summed E-state index contributed by atoms with van der Waals surface area (Å²) in [6.45, 7) is 22.6. The molecule has 2 heterocycles. The van der Waals surface area contributed by atoms with Crippen molar-refractivity contribution in [2.24, 2.45) is 45.8 Å². The molecule has 1 aromatic carbocycles. The number of aromatic carboxylic acids is 1. The highest BCUT2D eigenvalue weighted by Gasteiger charge is 2.68. The number of nitrogens with zero attached hydrogens (tertiary/aromatic N) is 3. The fourth-order valence-electron chi connectivity index (χ4n) is 14.2. The summed E-state index contributed by atoms with van der Waals surface area (Å²) >= 11 is 0. The number of carboxylic acid groups (broad SMARTS) is 1. The maximum atomic E-state index is 14.0. The number of piperazine rings is 1. The maximum absolute atomic E-state index is 14.0. The Morgan fingerprint density at radius 1 is 0.788 bits per heavy atom. The maximum Gasteiger partial charge on any atom is 0.335 e. The number of likely N-dealkylation sites (tertiary alicyclic amines) is 1. The van der Waals surface area contributed by atoms with E-state index in [-0.39, 0.29) is 17.0 Å². The SMILES string of the molecule is C=C.CC1C(c2ccc(C(=O)O)cc2)=CCC2(C)C1CCC1(C)C2CCC2C3CCCC3(NC(=O)N3CCN(C4CCN(C)CC4)CC3)CC[C@]21C. The minimum absolute atomic E-state index is 0.0240. The number of benzene rings is 1. The van der Waals surface area contributed by atoms with Crippen LogP contribution in [0.2, 0.25) is 0 Å². The number of carbonyl (C=O) groups excluding carboxylic acids is 1. The zero-order valence-corrected chi connectivity index (χ0v) is 33.1. The van der Waals surface area contributed by atoms with Crippen LogP contribution in [0.25, 0.3) is 5.57 Å². The smallest absolute Gasteiger partial charge is 0.335 e. The predicted octanol–water partition coefficient (Wildman–Crippen LogP) is 8.82. The van der Waals surface area contributed by atoms with Gasteiger partial charge in [0, 0.05) is 37.8 Å². The van der Waals surface area contributed by atoms with Gasteiger partial charge in [0.25, 0.3) is 0 Å². The average molecular weight is 713 g/mol. The van der Waals surface area contributed by atoms with E-state index in [4.69, 9.17) is 0 Å². The van der Waals surface area contributed by atoms with Crippen molar-refractivity contribution in [1.82, 2.24) is 20.0 Å². The quantitative estimate of drug-likeness (QED) is 0.305. The van der Waals surface area contributed by atoms with Crippen LogP contribution in [0, 0.1) is 45.8 Å². The van der Waals surface area contributed by atoms with E-state index in [1.807, 2.05) is 12.1 Å². The fraction of sp³-hybridized carbons (Fsp3) is 0.733. The van der Waals surface area contributed by atoms with Gasteiger partial charge in [-0.25, -0.2) is 9.59 Å². The summed E-state index contributed by atoms with van der Waals surface area (Å²) in [5.74, 6) is 2.24. The molecule has 7 nitrogen and oxygen atoms in total. The minimum atomic E-state index is -0.859. The first kappa shape index (κ1) is 37.7. The molecule has 2 saturated heterocycles. The summed E-state index contributed by atoms with van der Waals surface area (Å²) in [6.07, 6.45) is 17.4. The van der Waals surface area contributed by atoms with Crippen LogP contribution in [0.4, 0.5) is 4.79 Å². The number of piperidine rings is 1. The Hall–Kier alpha value is -2.64. The molecule has 2 aliphatic heterocycles. The second kappa shape index (κ2) is 14.2. The van der Waals surface area contributed by atoms with E-state index in [0.29, 0.717) is 52.0 Å². The summed E-state index contributed by atoms with van der Waals surface area (Å²) in [5.41, 5.74) is 3.83. The Kier molecular flexibility index (Phi) is 10.3. The summed E-state index contributed by atoms with van der Waals surface area (Å²) in [6, 6.07) is 8.49. The van der Waals surface area contributed by atoms with Crippen LogP contribution in [0.5, 0.6) is 0 Å². The monoisotopic (exact) mass is 713 g/mol. The number of rotatable bonds is 4. The Labute approximate surface area is 314 Å². The summed E-state index contributed by atoms with van der Waals surface area (Å²) in [7, 11) is 2.23. The van der Waals surface area contributed by atoms with Crippen molar-refractivity contribution in [3.05, 3.63) is 54.6 Å². The zero-order chi connectivity index (χ0) is 37.1. The Morgan fingerprint density at radius 2 is 1.48 bits per heavy atom. The molecule has 6 fully saturated rings. The van der Waals surface area contributed by atoms with Crippen LogP contribution >= 0.6 is 0 Å². The molecule has 8 rings (SSSR count). The molecule has 286 valence electrons. The van der Waals surface area contributed by atoms with E-state index in [1.165, 1.54) is 82.0 Å². The molecule has 0 aromatic heterocycles. The molecule has 7 heteroatoms. The predicted molar refractivity (Wildman–Crippen MR) is 211 cm³/mol. The van der Waals surface area contributed by atoms with Crippen LogP contribution in [-0.2, 0) is 0 Å². The van der Waals surface area contributed by atoms with Crippen molar-refractivity contribution in [1.29, 1.82) is 0 Å². The molecular formula is C45H68N4O3. The van der Waals surface area contributed by atoms with Crippen molar-refractivity contribution >= 4 is 17.6 Å². The lowest BCUT2D eigenvalue weighted by Crippen LogP contribution is -2.68. The number of nitrogens with one attached hydrogen (secondary N) is 1. The Balaban J connectivity index is 0.00000207. The molecule has 8 unspecified atom stereocenters. The first-order chi connectivity index (χ1) is 24.9. The second-order valence-corrected chi connectivity index (χ2v) is 18.9. The van der Waals surface area contributed by atoms with Gasteiger partial charge in [-0.1, -0.05) is 52.3 Å². The summed E-state index contributed by atoms with van der Waals surface area (Å²) in [5, 5.41) is 13.2. The standard InChI is InChI=1S/C43H64N4O3.C2H4/c1-29-33(30-8-10-31(11-9-30)38(48)49)14-19-40(2)34(29)15-20-42(4)37(40)13-12-35-36-7-6-18-43(36,22-21-41(35,42)3)44-39(50)47-27-25-46(26-28-47)32-16-23-45(5)24-17-32;1-2/h8-11,14,29,32,34-37H,6-7,12-13,15-28H2,1-5H3,(H,44,50)(H,48,49);1-2H2/t29?,34?,35?,36?,37?,40?,41-,42?,43?;/m1./s1. The van der Waals surface area contributed by atoms with Gasteiger partial charge in [0.05, 0.1) is 5.56 Å². The van der Waals surface area contributed by atoms with Gasteiger partial charge < -0.3 is 20.2 Å². The third-order valence-corrected chi connectivity index (χ3v) is 17.2. The molecular weight excluding hydrogens is 645 g/mol. The zero-order valence-electron chi connectivity index (χ0n) is 33.1. The molecule has 2 amide bonds. The lowest BCUT2D eigenvalue weighted by atomic mass is 9.34. The van der Waals surface area contributed by atoms with Crippen molar-refractivity contribution in [3.63, 3.8) is 0 Å². The van der Waals surface area contributed by atoms with Crippen LogP contribution in [0.15, 0.2) is 43.5 Å². The summed E-state index contributed by atoms with van der Waals surface area (Å²) in [4.78, 5) is 32.8. The number of urea groups is 1. The molecule has 0 radical (unpaired) electrons. The summed E-state index contributed by atoms with van der Waals surface area (Å²) < 4.78 is 0. The third-order valence-electron chi connectivity index (χ3n) is 17.2. The van der Waals surface area contributed by atoms with Gasteiger partial charge in [0.2, 0.25) is 0 Å². The highest BCUT2D eigenvalue weighted by atomic mass is 16.4. The second-order valence-electron chi connectivity index (χ2n) is 18.9. The van der Waals surface area contributed by atoms with E-state index in [2.05, 4.69) is 74.0 Å². The highest BCUT2D eigenvalue weighted by molar-refractivity contribution is 5.88. The highest BCUT2D eigenvalue weighted by Crippen LogP contribution is 2.75. The first-order valence-electron chi connectivity index (χ1n) is 20.9. The van der Waals surface area contributed by atoms with Crippen molar-refractivity contribution in [3.8, 4) is 0 Å². The largest absolute Gasteiger partial charge is 0.478 e. The van der Waals surface area contributed by atoms with Gasteiger partial charge in [0.1, 0.15) is 0 Å². The first-order valence-corrected chi connectivity index (χ1v) is 20.9. The third kappa shape index (κ3) is 5.99. The van der Waals surface area contributed by atoms with Crippen molar-refractivity contribution in [2.45, 2.75) is 116 Å². The lowest BCUT2D eigenvalue weighted by molar-refractivity contribution is -0.210. The number of carboxylic acids is 1. The fourth-order valence-corrected chi connectivity index (χ4v) is 14.2. The van der Waals surface area contributed by atoms with Crippen molar-refractivity contribution < 1.29 is 14.7 Å². The normalized spacial score (nSPS) is 40.9. The lowest BCUT2D eigenvalue weighted by Gasteiger charge is -2.71. The molecule has 7 aliphatic rings. The van der Waals surface area contributed by atoms with Gasteiger partial charge in [-0.15, -0.1) is 13.2 Å². The molecule has 9 atom stereocenters. The van der Waals surface area contributed by atoms with E-state index in [1.54, 1.807) is 12.1 Å². The van der Waals surface area contributed by atoms with E-state index >= 15 is 0 Å². The molecule has 52 heavy (non-hydrogen) atoms. The van der Waals surface area contributed by atoms with Crippen LogP contribution in [-0.4, -0.2) is 89.7 Å². The number of carbonyl (C=O) groups is 2.